The van der Waals surface area contributed by atoms with E-state index in [4.69, 9.17) is 0 Å². The fourth-order valence-corrected chi connectivity index (χ4v) is 2.57. The molecule has 0 radical (unpaired) electrons. The molecule has 0 saturated carbocycles. The van der Waals surface area contributed by atoms with Gasteiger partial charge in [-0.3, -0.25) is 5.10 Å². The first-order chi connectivity index (χ1) is 10.9. The average molecular weight is 316 g/mol. The summed E-state index contributed by atoms with van der Waals surface area (Å²) in [5, 5.41) is 20.2. The minimum atomic E-state index is -0.262. The van der Waals surface area contributed by atoms with Crippen molar-refractivity contribution in [3.63, 3.8) is 0 Å². The van der Waals surface area contributed by atoms with Crippen LogP contribution in [0.15, 0.2) is 18.3 Å². The van der Waals surface area contributed by atoms with E-state index in [0.29, 0.717) is 19.0 Å². The average Bonchev–Trinajstić information content (AvgIpc) is 3.14. The Morgan fingerprint density at radius 1 is 1.43 bits per heavy atom. The molecule has 1 saturated heterocycles. The van der Waals surface area contributed by atoms with Crippen LogP contribution in [0.3, 0.4) is 0 Å². The van der Waals surface area contributed by atoms with Crippen molar-refractivity contribution in [2.45, 2.75) is 45.3 Å². The highest BCUT2D eigenvalue weighted by Crippen LogP contribution is 2.21. The first kappa shape index (κ1) is 15.7. The molecule has 2 aromatic heterocycles. The van der Waals surface area contributed by atoms with Crippen molar-refractivity contribution in [2.24, 2.45) is 0 Å². The number of aromatic amines is 1. The monoisotopic (exact) mass is 316 g/mol. The molecule has 7 heteroatoms. The molecule has 23 heavy (non-hydrogen) atoms. The third-order valence-corrected chi connectivity index (χ3v) is 3.96. The van der Waals surface area contributed by atoms with Gasteiger partial charge >= 0.3 is 0 Å². The van der Waals surface area contributed by atoms with Crippen LogP contribution in [0.25, 0.3) is 0 Å². The highest BCUT2D eigenvalue weighted by atomic mass is 16.3. The normalized spacial score (nSPS) is 18.4. The van der Waals surface area contributed by atoms with Crippen LogP contribution < -0.4 is 10.2 Å². The molecule has 1 fully saturated rings. The molecule has 0 spiro atoms. The van der Waals surface area contributed by atoms with Gasteiger partial charge in [0.1, 0.15) is 5.82 Å². The summed E-state index contributed by atoms with van der Waals surface area (Å²) in [7, 11) is 0. The van der Waals surface area contributed by atoms with Crippen LogP contribution >= 0.6 is 0 Å². The van der Waals surface area contributed by atoms with Gasteiger partial charge in [-0.2, -0.15) is 10.1 Å². The molecular formula is C16H24N6O. The fourth-order valence-electron chi connectivity index (χ4n) is 2.57. The van der Waals surface area contributed by atoms with E-state index < -0.39 is 0 Å². The zero-order valence-electron chi connectivity index (χ0n) is 13.9. The van der Waals surface area contributed by atoms with Gasteiger partial charge in [0.25, 0.3) is 0 Å². The molecule has 3 N–H and O–H groups in total. The quantitative estimate of drug-likeness (QED) is 0.795. The third kappa shape index (κ3) is 3.79. The number of hydrogen-bond acceptors (Lipinski definition) is 6. The standard InChI is InChI=1S/C16H24N6O/c1-16(2,3)13-8-11(20-21-13)9-18-15-17-6-4-14(19-15)22-7-5-12(23)10-22/h4,6,8,12,23H,5,7,9-10H2,1-3H3,(H,20,21)(H,17,18,19)/t12-/m1/s1. The second-order valence-electron chi connectivity index (χ2n) is 7.01. The van der Waals surface area contributed by atoms with E-state index in [9.17, 15) is 5.11 Å². The maximum absolute atomic E-state index is 9.64. The maximum atomic E-state index is 9.64. The predicted octanol–water partition coefficient (Wildman–Crippen LogP) is 1.68. The van der Waals surface area contributed by atoms with Gasteiger partial charge in [0.2, 0.25) is 5.95 Å². The second-order valence-corrected chi connectivity index (χ2v) is 7.01. The molecule has 0 aromatic carbocycles. The zero-order chi connectivity index (χ0) is 16.4. The van der Waals surface area contributed by atoms with Crippen molar-refractivity contribution in [2.75, 3.05) is 23.3 Å². The molecule has 0 bridgehead atoms. The Morgan fingerprint density at radius 3 is 2.91 bits per heavy atom. The number of hydrogen-bond donors (Lipinski definition) is 3. The van der Waals surface area contributed by atoms with Crippen LogP contribution in [0.2, 0.25) is 0 Å². The van der Waals surface area contributed by atoms with Crippen molar-refractivity contribution < 1.29 is 5.11 Å². The Hall–Kier alpha value is -2.15. The van der Waals surface area contributed by atoms with Crippen molar-refractivity contribution in [1.82, 2.24) is 20.2 Å². The smallest absolute Gasteiger partial charge is 0.224 e. The van der Waals surface area contributed by atoms with Crippen molar-refractivity contribution in [3.05, 3.63) is 29.7 Å². The molecule has 0 unspecified atom stereocenters. The number of aliphatic hydroxyl groups is 1. The lowest BCUT2D eigenvalue weighted by atomic mass is 9.92. The van der Waals surface area contributed by atoms with E-state index in [-0.39, 0.29) is 11.5 Å². The fraction of sp³-hybridized carbons (Fsp3) is 0.562. The van der Waals surface area contributed by atoms with E-state index in [1.807, 2.05) is 6.07 Å². The molecule has 1 aliphatic rings. The summed E-state index contributed by atoms with van der Waals surface area (Å²) in [5.74, 6) is 1.43. The molecule has 1 aliphatic heterocycles. The van der Waals surface area contributed by atoms with Crippen molar-refractivity contribution in [1.29, 1.82) is 0 Å². The highest BCUT2D eigenvalue weighted by molar-refractivity contribution is 5.43. The summed E-state index contributed by atoms with van der Waals surface area (Å²) in [6.07, 6.45) is 2.27. The summed E-state index contributed by atoms with van der Waals surface area (Å²) < 4.78 is 0. The van der Waals surface area contributed by atoms with Crippen LogP contribution in [0.5, 0.6) is 0 Å². The number of nitrogens with one attached hydrogen (secondary N) is 2. The molecular weight excluding hydrogens is 292 g/mol. The minimum Gasteiger partial charge on any atom is -0.391 e. The molecule has 3 heterocycles. The minimum absolute atomic E-state index is 0.0295. The van der Waals surface area contributed by atoms with E-state index in [0.717, 1.165) is 30.2 Å². The van der Waals surface area contributed by atoms with Crippen LogP contribution in [-0.4, -0.2) is 44.5 Å². The number of nitrogens with zero attached hydrogens (tertiary/aromatic N) is 4. The molecule has 124 valence electrons. The lowest BCUT2D eigenvalue weighted by Gasteiger charge is -2.16. The predicted molar refractivity (Wildman–Crippen MR) is 89.5 cm³/mol. The summed E-state index contributed by atoms with van der Waals surface area (Å²) in [6.45, 7) is 8.46. The van der Waals surface area contributed by atoms with E-state index in [1.165, 1.54) is 0 Å². The van der Waals surface area contributed by atoms with Crippen LogP contribution in [0.1, 0.15) is 38.6 Å². The Morgan fingerprint density at radius 2 is 2.26 bits per heavy atom. The van der Waals surface area contributed by atoms with E-state index >= 15 is 0 Å². The number of β-amino-alcohol motifs (C(OH)–C–C–N with tert-alkyl or cyclic N) is 1. The number of anilines is 2. The zero-order valence-corrected chi connectivity index (χ0v) is 13.9. The lowest BCUT2D eigenvalue weighted by molar-refractivity contribution is 0.198. The lowest BCUT2D eigenvalue weighted by Crippen LogP contribution is -2.22. The largest absolute Gasteiger partial charge is 0.391 e. The van der Waals surface area contributed by atoms with Crippen molar-refractivity contribution in [3.8, 4) is 0 Å². The third-order valence-electron chi connectivity index (χ3n) is 3.96. The summed E-state index contributed by atoms with van der Waals surface area (Å²) >= 11 is 0. The highest BCUT2D eigenvalue weighted by Gasteiger charge is 2.21. The van der Waals surface area contributed by atoms with Gasteiger partial charge in [0.15, 0.2) is 0 Å². The van der Waals surface area contributed by atoms with E-state index in [2.05, 4.69) is 57.2 Å². The number of H-pyrrole nitrogens is 1. The molecule has 1 atom stereocenters. The number of aliphatic hydroxyl groups excluding tert-OH is 1. The van der Waals surface area contributed by atoms with Crippen LogP contribution in [-0.2, 0) is 12.0 Å². The van der Waals surface area contributed by atoms with Gasteiger partial charge in [0, 0.05) is 24.7 Å². The van der Waals surface area contributed by atoms with Gasteiger partial charge in [-0.1, -0.05) is 20.8 Å². The van der Waals surface area contributed by atoms with Crippen molar-refractivity contribution >= 4 is 11.8 Å². The molecule has 3 rings (SSSR count). The Balaban J connectivity index is 1.63. The van der Waals surface area contributed by atoms with E-state index in [1.54, 1.807) is 6.20 Å². The summed E-state index contributed by atoms with van der Waals surface area (Å²) in [5.41, 5.74) is 2.07. The van der Waals surface area contributed by atoms with Gasteiger partial charge in [0.05, 0.1) is 24.0 Å². The second kappa shape index (κ2) is 6.16. The molecule has 2 aromatic rings. The number of aromatic nitrogens is 4. The van der Waals surface area contributed by atoms with Crippen LogP contribution in [0.4, 0.5) is 11.8 Å². The van der Waals surface area contributed by atoms with Gasteiger partial charge in [-0.25, -0.2) is 4.98 Å². The molecule has 0 amide bonds. The Kier molecular flexibility index (Phi) is 4.21. The topological polar surface area (TPSA) is 90.0 Å². The van der Waals surface area contributed by atoms with Crippen LogP contribution in [0, 0.1) is 0 Å². The summed E-state index contributed by atoms with van der Waals surface area (Å²) in [4.78, 5) is 10.8. The number of rotatable bonds is 4. The molecule has 7 nitrogen and oxygen atoms in total. The van der Waals surface area contributed by atoms with Gasteiger partial charge < -0.3 is 15.3 Å². The Bertz CT molecular complexity index is 663. The summed E-state index contributed by atoms with van der Waals surface area (Å²) in [6, 6.07) is 3.94. The van der Waals surface area contributed by atoms with Gasteiger partial charge in [-0.15, -0.1) is 0 Å². The SMILES string of the molecule is CC(C)(C)c1cc(CNc2nccc(N3CC[C@@H](O)C3)n2)[nH]n1. The Labute approximate surface area is 136 Å². The first-order valence-electron chi connectivity index (χ1n) is 7.96. The van der Waals surface area contributed by atoms with Gasteiger partial charge in [-0.05, 0) is 18.6 Å². The molecule has 0 aliphatic carbocycles. The first-order valence-corrected chi connectivity index (χ1v) is 7.96. The maximum Gasteiger partial charge on any atom is 0.224 e.